The number of thioether (sulfide) groups is 1. The first-order valence-electron chi connectivity index (χ1n) is 4.01. The number of hydrogen-bond donors (Lipinski definition) is 2. The zero-order valence-electron chi connectivity index (χ0n) is 7.19. The summed E-state index contributed by atoms with van der Waals surface area (Å²) in [4.78, 5) is 7.20. The molecule has 14 heavy (non-hydrogen) atoms. The second kappa shape index (κ2) is 4.72. The van der Waals surface area contributed by atoms with Gasteiger partial charge in [0.2, 0.25) is 0 Å². The van der Waals surface area contributed by atoms with Crippen molar-refractivity contribution in [2.24, 2.45) is 0 Å². The van der Waals surface area contributed by atoms with Gasteiger partial charge in [0, 0.05) is 24.6 Å². The highest BCUT2D eigenvalue weighted by Crippen LogP contribution is 2.20. The summed E-state index contributed by atoms with van der Waals surface area (Å²) < 4.78 is 1.71. The van der Waals surface area contributed by atoms with Crippen LogP contribution < -0.4 is 0 Å². The highest BCUT2D eigenvalue weighted by Gasteiger charge is 1.99. The van der Waals surface area contributed by atoms with Gasteiger partial charge in [0.15, 0.2) is 8.29 Å². The molecule has 0 unspecified atom stereocenters. The van der Waals surface area contributed by atoms with Crippen LogP contribution in [0.1, 0.15) is 5.82 Å². The first kappa shape index (κ1) is 9.88. The number of aryl methyl sites for hydroxylation is 1. The number of imidazole rings is 1. The molecule has 0 aromatic carbocycles. The summed E-state index contributed by atoms with van der Waals surface area (Å²) in [6.07, 6.45) is 4.51. The maximum absolute atomic E-state index is 4.93. The first-order chi connectivity index (χ1) is 6.84. The van der Waals surface area contributed by atoms with Gasteiger partial charge in [-0.15, -0.1) is 0 Å². The molecular weight excluding hydrogens is 236 g/mol. The molecule has 0 radical (unpaired) electrons. The van der Waals surface area contributed by atoms with Crippen molar-refractivity contribution >= 4 is 35.3 Å². The summed E-state index contributed by atoms with van der Waals surface area (Å²) in [6, 6.07) is 0. The van der Waals surface area contributed by atoms with E-state index in [0.717, 1.165) is 26.3 Å². The topological polar surface area (TPSA) is 57.4 Å². The van der Waals surface area contributed by atoms with Gasteiger partial charge < -0.3 is 4.98 Å². The molecule has 0 saturated carbocycles. The maximum atomic E-state index is 4.93. The van der Waals surface area contributed by atoms with Crippen molar-refractivity contribution in [2.45, 2.75) is 10.8 Å². The van der Waals surface area contributed by atoms with Gasteiger partial charge in [-0.25, -0.2) is 4.98 Å². The minimum atomic E-state index is 0.727. The zero-order valence-corrected chi connectivity index (χ0v) is 9.64. The van der Waals surface area contributed by atoms with E-state index in [9.17, 15) is 0 Å². The lowest BCUT2D eigenvalue weighted by molar-refractivity contribution is 0.983. The van der Waals surface area contributed by atoms with E-state index in [2.05, 4.69) is 20.2 Å². The summed E-state index contributed by atoms with van der Waals surface area (Å²) in [5, 5.41) is 6.81. The van der Waals surface area contributed by atoms with Crippen LogP contribution in [-0.2, 0) is 6.42 Å². The number of rotatable bonds is 4. The molecule has 0 bridgehead atoms. The molecule has 0 amide bonds. The van der Waals surface area contributed by atoms with Crippen LogP contribution in [0.2, 0.25) is 0 Å². The highest BCUT2D eigenvalue weighted by atomic mass is 32.2. The quantitative estimate of drug-likeness (QED) is 0.640. The molecular formula is C7H8N4S3. The smallest absolute Gasteiger partial charge is 0.177 e. The van der Waals surface area contributed by atoms with Crippen LogP contribution in [0.4, 0.5) is 0 Å². The average molecular weight is 244 g/mol. The van der Waals surface area contributed by atoms with Crippen LogP contribution in [0.3, 0.4) is 0 Å². The van der Waals surface area contributed by atoms with Gasteiger partial charge in [-0.2, -0.15) is 5.10 Å². The van der Waals surface area contributed by atoms with Gasteiger partial charge in [-0.3, -0.25) is 5.10 Å². The Morgan fingerprint density at radius 2 is 2.50 bits per heavy atom. The molecule has 0 fully saturated rings. The highest BCUT2D eigenvalue weighted by molar-refractivity contribution is 8.01. The number of aromatic amines is 2. The summed E-state index contributed by atoms with van der Waals surface area (Å²) >= 11 is 8.13. The summed E-state index contributed by atoms with van der Waals surface area (Å²) in [7, 11) is 0. The van der Waals surface area contributed by atoms with Crippen molar-refractivity contribution in [3.63, 3.8) is 0 Å². The fourth-order valence-corrected chi connectivity index (χ4v) is 3.05. The van der Waals surface area contributed by atoms with E-state index in [1.165, 1.54) is 11.3 Å². The Bertz CT molecular complexity index is 430. The van der Waals surface area contributed by atoms with Crippen LogP contribution in [-0.4, -0.2) is 25.9 Å². The van der Waals surface area contributed by atoms with Crippen molar-refractivity contribution in [3.8, 4) is 0 Å². The maximum Gasteiger partial charge on any atom is 0.177 e. The van der Waals surface area contributed by atoms with Gasteiger partial charge >= 0.3 is 0 Å². The van der Waals surface area contributed by atoms with Gasteiger partial charge in [0.25, 0.3) is 0 Å². The molecule has 0 atom stereocenters. The van der Waals surface area contributed by atoms with E-state index < -0.39 is 0 Å². The van der Waals surface area contributed by atoms with Crippen LogP contribution in [0.25, 0.3) is 0 Å². The Morgan fingerprint density at radius 1 is 1.57 bits per heavy atom. The molecule has 2 rings (SSSR count). The normalized spacial score (nSPS) is 10.6. The molecule has 74 valence electrons. The Balaban J connectivity index is 1.81. The fraction of sp³-hybridized carbons (Fsp3) is 0.286. The predicted octanol–water partition coefficient (Wildman–Crippen LogP) is 2.26. The Labute approximate surface area is 94.2 Å². The van der Waals surface area contributed by atoms with Crippen molar-refractivity contribution in [1.82, 2.24) is 20.2 Å². The second-order valence-electron chi connectivity index (χ2n) is 2.51. The van der Waals surface area contributed by atoms with Crippen LogP contribution in [0.15, 0.2) is 16.7 Å². The Hall–Kier alpha value is -0.660. The minimum absolute atomic E-state index is 0.727. The van der Waals surface area contributed by atoms with E-state index >= 15 is 0 Å². The van der Waals surface area contributed by atoms with Gasteiger partial charge in [-0.1, -0.05) is 23.1 Å². The second-order valence-corrected chi connectivity index (χ2v) is 5.52. The van der Waals surface area contributed by atoms with Gasteiger partial charge in [0.1, 0.15) is 5.82 Å². The summed E-state index contributed by atoms with van der Waals surface area (Å²) in [5.41, 5.74) is 0. The molecule has 0 spiro atoms. The standard InChI is InChI=1S/C7H8N4S3/c12-6-10-11-7(14-6)13-4-1-5-8-2-3-9-5/h2-3H,1,4H2,(H,8,9)(H,10,12). The van der Waals surface area contributed by atoms with E-state index in [-0.39, 0.29) is 0 Å². The molecule has 2 heterocycles. The van der Waals surface area contributed by atoms with Crippen LogP contribution in [0.5, 0.6) is 0 Å². The number of nitrogens with zero attached hydrogens (tertiary/aromatic N) is 2. The fourth-order valence-electron chi connectivity index (χ4n) is 0.948. The van der Waals surface area contributed by atoms with Crippen molar-refractivity contribution in [2.75, 3.05) is 5.75 Å². The summed E-state index contributed by atoms with van der Waals surface area (Å²) in [5.74, 6) is 1.97. The predicted molar refractivity (Wildman–Crippen MR) is 60.3 cm³/mol. The lowest BCUT2D eigenvalue weighted by Crippen LogP contribution is -1.90. The van der Waals surface area contributed by atoms with Crippen LogP contribution in [0, 0.1) is 3.95 Å². The number of H-pyrrole nitrogens is 2. The molecule has 4 nitrogen and oxygen atoms in total. The molecule has 7 heteroatoms. The number of hydrogen-bond acceptors (Lipinski definition) is 5. The summed E-state index contributed by atoms with van der Waals surface area (Å²) in [6.45, 7) is 0. The average Bonchev–Trinajstić information content (AvgIpc) is 2.77. The Morgan fingerprint density at radius 3 is 3.14 bits per heavy atom. The van der Waals surface area contributed by atoms with E-state index in [4.69, 9.17) is 12.2 Å². The minimum Gasteiger partial charge on any atom is -0.349 e. The van der Waals surface area contributed by atoms with Crippen molar-refractivity contribution < 1.29 is 0 Å². The third-order valence-electron chi connectivity index (χ3n) is 1.54. The van der Waals surface area contributed by atoms with E-state index in [1.807, 2.05) is 6.20 Å². The molecule has 0 aliphatic rings. The van der Waals surface area contributed by atoms with E-state index in [1.54, 1.807) is 18.0 Å². The zero-order chi connectivity index (χ0) is 9.80. The van der Waals surface area contributed by atoms with Gasteiger partial charge in [-0.05, 0) is 12.2 Å². The first-order valence-corrected chi connectivity index (χ1v) is 6.22. The lowest BCUT2D eigenvalue weighted by atomic mass is 10.5. The molecule has 0 aliphatic heterocycles. The van der Waals surface area contributed by atoms with Crippen molar-refractivity contribution in [3.05, 3.63) is 22.2 Å². The molecule has 0 aliphatic carbocycles. The molecule has 2 N–H and O–H groups in total. The molecule has 0 saturated heterocycles. The molecule has 2 aromatic heterocycles. The third-order valence-corrected chi connectivity index (χ3v) is 3.77. The van der Waals surface area contributed by atoms with Crippen molar-refractivity contribution in [1.29, 1.82) is 0 Å². The monoisotopic (exact) mass is 244 g/mol. The molecule has 2 aromatic rings. The number of aromatic nitrogens is 4. The SMILES string of the molecule is S=c1[nH]nc(SCCc2ncc[nH]2)s1. The van der Waals surface area contributed by atoms with Crippen LogP contribution >= 0.6 is 35.3 Å². The third kappa shape index (κ3) is 2.66. The number of nitrogens with one attached hydrogen (secondary N) is 2. The van der Waals surface area contributed by atoms with E-state index in [0.29, 0.717) is 0 Å². The largest absolute Gasteiger partial charge is 0.349 e. The Kier molecular flexibility index (Phi) is 3.33. The van der Waals surface area contributed by atoms with Gasteiger partial charge in [0.05, 0.1) is 0 Å². The lowest BCUT2D eigenvalue weighted by Gasteiger charge is -1.93.